The molecule has 0 atom stereocenters. The Morgan fingerprint density at radius 2 is 2.43 bits per heavy atom. The van der Waals surface area contributed by atoms with Gasteiger partial charge in [-0.25, -0.2) is 4.68 Å². The molecule has 76 valence electrons. The summed E-state index contributed by atoms with van der Waals surface area (Å²) in [4.78, 5) is 22.2. The van der Waals surface area contributed by atoms with E-state index in [-0.39, 0.29) is 17.9 Å². The van der Waals surface area contributed by atoms with Crippen molar-refractivity contribution in [1.82, 2.24) is 15.1 Å². The summed E-state index contributed by atoms with van der Waals surface area (Å²) in [6.45, 7) is 0.315. The molecule has 0 aliphatic heterocycles. The van der Waals surface area contributed by atoms with E-state index in [0.29, 0.717) is 6.54 Å². The zero-order valence-corrected chi connectivity index (χ0v) is 9.82. The lowest BCUT2D eigenvalue weighted by Crippen LogP contribution is -2.26. The van der Waals surface area contributed by atoms with Gasteiger partial charge < -0.3 is 5.32 Å². The summed E-state index contributed by atoms with van der Waals surface area (Å²) in [7, 11) is 1.56. The Labute approximate surface area is 94.6 Å². The molecule has 0 radical (unpaired) electrons. The summed E-state index contributed by atoms with van der Waals surface area (Å²) >= 11 is 2.02. The first-order chi connectivity index (χ1) is 6.63. The van der Waals surface area contributed by atoms with E-state index in [9.17, 15) is 9.59 Å². The highest BCUT2D eigenvalue weighted by Gasteiger charge is 2.01. The largest absolute Gasteiger partial charge is 0.359 e. The van der Waals surface area contributed by atoms with Crippen LogP contribution in [0, 0.1) is 3.57 Å². The zero-order chi connectivity index (χ0) is 10.6. The maximum absolute atomic E-state index is 11.3. The van der Waals surface area contributed by atoms with Gasteiger partial charge >= 0.3 is 0 Å². The van der Waals surface area contributed by atoms with Crippen molar-refractivity contribution in [3.05, 3.63) is 26.2 Å². The minimum atomic E-state index is -0.180. The van der Waals surface area contributed by atoms with Crippen molar-refractivity contribution >= 4 is 28.5 Å². The monoisotopic (exact) mass is 307 g/mol. The van der Waals surface area contributed by atoms with Crippen LogP contribution in [0.25, 0.3) is 0 Å². The van der Waals surface area contributed by atoms with Gasteiger partial charge in [0.05, 0.1) is 12.7 Å². The van der Waals surface area contributed by atoms with E-state index in [1.807, 2.05) is 22.6 Å². The number of nitrogens with zero attached hydrogens (tertiary/aromatic N) is 2. The molecule has 0 saturated heterocycles. The van der Waals surface area contributed by atoms with E-state index >= 15 is 0 Å². The maximum Gasteiger partial charge on any atom is 0.267 e. The molecule has 1 aromatic rings. The van der Waals surface area contributed by atoms with E-state index in [1.54, 1.807) is 13.2 Å². The van der Waals surface area contributed by atoms with E-state index in [2.05, 4.69) is 10.4 Å². The van der Waals surface area contributed by atoms with Crippen molar-refractivity contribution in [2.24, 2.45) is 0 Å². The topological polar surface area (TPSA) is 64.0 Å². The number of rotatable bonds is 3. The van der Waals surface area contributed by atoms with Gasteiger partial charge in [0.1, 0.15) is 0 Å². The summed E-state index contributed by atoms with van der Waals surface area (Å²) in [5.74, 6) is -0.0998. The minimum Gasteiger partial charge on any atom is -0.359 e. The van der Waals surface area contributed by atoms with Gasteiger partial charge in [-0.2, -0.15) is 5.10 Å². The lowest BCUT2D eigenvalue weighted by molar-refractivity contribution is -0.120. The van der Waals surface area contributed by atoms with Crippen LogP contribution in [0.3, 0.4) is 0 Å². The number of carbonyl (C=O) groups excluding carboxylic acids is 1. The molecule has 0 aromatic carbocycles. The second kappa shape index (κ2) is 5.08. The van der Waals surface area contributed by atoms with Crippen molar-refractivity contribution in [2.75, 3.05) is 7.05 Å². The highest BCUT2D eigenvalue weighted by atomic mass is 127. The molecule has 5 nitrogen and oxygen atoms in total. The van der Waals surface area contributed by atoms with Gasteiger partial charge in [0.2, 0.25) is 5.91 Å². The predicted octanol–water partition coefficient (Wildman–Crippen LogP) is -0.0160. The smallest absolute Gasteiger partial charge is 0.267 e. The highest BCUT2D eigenvalue weighted by molar-refractivity contribution is 14.1. The molecule has 0 spiro atoms. The SMILES string of the molecule is CNC(=O)CCn1ncc(I)cc1=O. The molecule has 1 heterocycles. The number of aromatic nitrogens is 2. The first-order valence-corrected chi connectivity index (χ1v) is 5.14. The van der Waals surface area contributed by atoms with Crippen LogP contribution in [-0.4, -0.2) is 22.7 Å². The van der Waals surface area contributed by atoms with E-state index in [1.165, 1.54) is 10.7 Å². The highest BCUT2D eigenvalue weighted by Crippen LogP contribution is 1.96. The van der Waals surface area contributed by atoms with Gasteiger partial charge in [0, 0.05) is 23.1 Å². The molecule has 1 N–H and O–H groups in total. The van der Waals surface area contributed by atoms with Gasteiger partial charge in [-0.15, -0.1) is 0 Å². The van der Waals surface area contributed by atoms with Gasteiger partial charge in [-0.3, -0.25) is 9.59 Å². The van der Waals surface area contributed by atoms with Crippen molar-refractivity contribution < 1.29 is 4.79 Å². The Kier molecular flexibility index (Phi) is 4.05. The van der Waals surface area contributed by atoms with Gasteiger partial charge in [0.25, 0.3) is 5.56 Å². The summed E-state index contributed by atoms with van der Waals surface area (Å²) in [5, 5.41) is 6.38. The van der Waals surface area contributed by atoms with Crippen LogP contribution >= 0.6 is 22.6 Å². The van der Waals surface area contributed by atoms with Crippen molar-refractivity contribution in [3.8, 4) is 0 Å². The van der Waals surface area contributed by atoms with E-state index in [0.717, 1.165) is 3.57 Å². The van der Waals surface area contributed by atoms with Gasteiger partial charge in [-0.1, -0.05) is 0 Å². The summed E-state index contributed by atoms with van der Waals surface area (Å²) in [6.07, 6.45) is 1.86. The fraction of sp³-hybridized carbons (Fsp3) is 0.375. The Bertz CT molecular complexity index is 388. The number of aryl methyl sites for hydroxylation is 1. The zero-order valence-electron chi connectivity index (χ0n) is 7.66. The molecule has 1 aromatic heterocycles. The van der Waals surface area contributed by atoms with Gasteiger partial charge in [0.15, 0.2) is 0 Å². The molecule has 1 amide bonds. The lowest BCUT2D eigenvalue weighted by Gasteiger charge is -2.02. The number of hydrogen-bond acceptors (Lipinski definition) is 3. The third-order valence-corrected chi connectivity index (χ3v) is 2.26. The summed E-state index contributed by atoms with van der Waals surface area (Å²) in [5.41, 5.74) is -0.180. The Morgan fingerprint density at radius 3 is 3.00 bits per heavy atom. The molecular weight excluding hydrogens is 297 g/mol. The lowest BCUT2D eigenvalue weighted by atomic mass is 10.4. The molecular formula is C8H10IN3O2. The quantitative estimate of drug-likeness (QED) is 0.799. The second-order valence-corrected chi connectivity index (χ2v) is 3.90. The summed E-state index contributed by atoms with van der Waals surface area (Å²) < 4.78 is 2.07. The van der Waals surface area contributed by atoms with E-state index < -0.39 is 0 Å². The van der Waals surface area contributed by atoms with Crippen LogP contribution in [0.15, 0.2) is 17.1 Å². The molecule has 0 aliphatic carbocycles. The fourth-order valence-corrected chi connectivity index (χ4v) is 1.30. The molecule has 0 saturated carbocycles. The molecule has 0 fully saturated rings. The Morgan fingerprint density at radius 1 is 1.71 bits per heavy atom. The minimum absolute atomic E-state index is 0.0998. The third-order valence-electron chi connectivity index (χ3n) is 1.67. The fourth-order valence-electron chi connectivity index (χ4n) is 0.912. The number of hydrogen-bond donors (Lipinski definition) is 1. The van der Waals surface area contributed by atoms with Crippen molar-refractivity contribution in [1.29, 1.82) is 0 Å². The first kappa shape index (κ1) is 11.2. The summed E-state index contributed by atoms with van der Waals surface area (Å²) in [6, 6.07) is 1.48. The van der Waals surface area contributed by atoms with Crippen LogP contribution in [0.5, 0.6) is 0 Å². The number of halogens is 1. The Hall–Kier alpha value is -0.920. The van der Waals surface area contributed by atoms with Crippen LogP contribution in [0.4, 0.5) is 0 Å². The number of amides is 1. The maximum atomic E-state index is 11.3. The van der Waals surface area contributed by atoms with Crippen LogP contribution in [-0.2, 0) is 11.3 Å². The van der Waals surface area contributed by atoms with Gasteiger partial charge in [-0.05, 0) is 22.6 Å². The Balaban J connectivity index is 2.68. The number of carbonyl (C=O) groups is 1. The third kappa shape index (κ3) is 3.09. The molecule has 0 bridgehead atoms. The predicted molar refractivity (Wildman–Crippen MR) is 59.9 cm³/mol. The van der Waals surface area contributed by atoms with Crippen molar-refractivity contribution in [2.45, 2.75) is 13.0 Å². The molecule has 14 heavy (non-hydrogen) atoms. The normalized spacial score (nSPS) is 9.86. The average Bonchev–Trinajstić information content (AvgIpc) is 2.16. The van der Waals surface area contributed by atoms with Crippen LogP contribution in [0.2, 0.25) is 0 Å². The molecule has 1 rings (SSSR count). The standard InChI is InChI=1S/C8H10IN3O2/c1-10-7(13)2-3-12-8(14)4-6(9)5-11-12/h4-5H,2-3H2,1H3,(H,10,13). The number of nitrogens with one attached hydrogen (secondary N) is 1. The average molecular weight is 307 g/mol. The first-order valence-electron chi connectivity index (χ1n) is 4.06. The molecule has 0 unspecified atom stereocenters. The molecule has 0 aliphatic rings. The van der Waals surface area contributed by atoms with E-state index in [4.69, 9.17) is 0 Å². The van der Waals surface area contributed by atoms with Crippen LogP contribution < -0.4 is 10.9 Å². The second-order valence-electron chi connectivity index (χ2n) is 2.66. The van der Waals surface area contributed by atoms with Crippen molar-refractivity contribution in [3.63, 3.8) is 0 Å². The molecule has 6 heteroatoms. The van der Waals surface area contributed by atoms with Crippen LogP contribution in [0.1, 0.15) is 6.42 Å².